The Morgan fingerprint density at radius 2 is 2.11 bits per heavy atom. The van der Waals surface area contributed by atoms with E-state index in [-0.39, 0.29) is 0 Å². The highest BCUT2D eigenvalue weighted by Gasteiger charge is 2.33. The molecule has 1 aliphatic rings. The highest BCUT2D eigenvalue weighted by molar-refractivity contribution is 6.04. The van der Waals surface area contributed by atoms with Crippen LogP contribution in [0.4, 0.5) is 0 Å². The monoisotopic (exact) mass is 128 g/mol. The molecule has 9 heavy (non-hydrogen) atoms. The molecule has 4 heteroatoms. The summed E-state index contributed by atoms with van der Waals surface area (Å²) in [4.78, 5) is 21.0. The average molecular weight is 128 g/mol. The van der Waals surface area contributed by atoms with E-state index >= 15 is 0 Å². The van der Waals surface area contributed by atoms with Crippen LogP contribution in [0.2, 0.25) is 0 Å². The van der Waals surface area contributed by atoms with Crippen LogP contribution >= 0.6 is 0 Å². The third-order valence-electron chi connectivity index (χ3n) is 1.15. The Hall–Kier alpha value is -1.00. The lowest BCUT2D eigenvalue weighted by atomic mass is 10.3. The van der Waals surface area contributed by atoms with Crippen LogP contribution in [0.15, 0.2) is 11.6 Å². The van der Waals surface area contributed by atoms with Crippen molar-refractivity contribution in [1.82, 2.24) is 0 Å². The van der Waals surface area contributed by atoms with E-state index in [0.29, 0.717) is 5.57 Å². The topological polar surface area (TPSA) is 58.8 Å². The van der Waals surface area contributed by atoms with E-state index in [1.165, 1.54) is 6.92 Å². The number of carbonyl (C=O) groups excluding carboxylic acids is 2. The molecule has 1 heterocycles. The van der Waals surface area contributed by atoms with E-state index in [0.717, 1.165) is 6.08 Å². The molecule has 0 bridgehead atoms. The second-order valence-electron chi connectivity index (χ2n) is 1.87. The minimum absolute atomic E-state index is 0.303. The second kappa shape index (κ2) is 1.75. The Balaban J connectivity index is 2.95. The molecule has 0 saturated heterocycles. The average Bonchev–Trinajstić information content (AvgIpc) is 1.98. The lowest BCUT2D eigenvalue weighted by Gasteiger charge is -1.92. The zero-order chi connectivity index (χ0) is 7.02. The van der Waals surface area contributed by atoms with Crippen LogP contribution in [0.1, 0.15) is 6.92 Å². The van der Waals surface area contributed by atoms with Crippen LogP contribution < -0.4 is 5.06 Å². The second-order valence-corrected chi connectivity index (χ2v) is 1.87. The summed E-state index contributed by atoms with van der Waals surface area (Å²) in [6.07, 6.45) is 1.12. The molecule has 1 aliphatic heterocycles. The Labute approximate surface area is 51.3 Å². The van der Waals surface area contributed by atoms with Crippen molar-refractivity contribution in [3.05, 3.63) is 11.6 Å². The highest BCUT2D eigenvalue weighted by Crippen LogP contribution is 1.92. The number of rotatable bonds is 0. The number of amides is 2. The van der Waals surface area contributed by atoms with Gasteiger partial charge in [-0.1, -0.05) is 5.06 Å². The van der Waals surface area contributed by atoms with Crippen molar-refractivity contribution in [2.24, 2.45) is 0 Å². The van der Waals surface area contributed by atoms with Crippen LogP contribution in [0.3, 0.4) is 0 Å². The van der Waals surface area contributed by atoms with Gasteiger partial charge in [0.05, 0.1) is 11.6 Å². The molecule has 0 saturated carbocycles. The molecule has 1 unspecified atom stereocenters. The fourth-order valence-electron chi connectivity index (χ4n) is 0.629. The summed E-state index contributed by atoms with van der Waals surface area (Å²) in [5, 5.41) is 7.94. The van der Waals surface area contributed by atoms with Crippen molar-refractivity contribution in [2.45, 2.75) is 6.92 Å². The Morgan fingerprint density at radius 3 is 2.22 bits per heavy atom. The van der Waals surface area contributed by atoms with Crippen molar-refractivity contribution in [3.63, 3.8) is 0 Å². The van der Waals surface area contributed by atoms with Crippen molar-refractivity contribution in [2.75, 3.05) is 0 Å². The zero-order valence-electron chi connectivity index (χ0n) is 4.84. The molecule has 0 aromatic carbocycles. The lowest BCUT2D eigenvalue weighted by molar-refractivity contribution is -0.947. The summed E-state index contributed by atoms with van der Waals surface area (Å²) in [5.74, 6) is -1.14. The number of hydrogen-bond acceptors (Lipinski definition) is 3. The molecule has 0 spiro atoms. The van der Waals surface area contributed by atoms with Crippen molar-refractivity contribution in [3.8, 4) is 0 Å². The van der Waals surface area contributed by atoms with E-state index in [1.54, 1.807) is 0 Å². The van der Waals surface area contributed by atoms with Gasteiger partial charge in [-0.15, -0.1) is 0 Å². The van der Waals surface area contributed by atoms with E-state index in [9.17, 15) is 9.59 Å². The van der Waals surface area contributed by atoms with Crippen molar-refractivity contribution in [1.29, 1.82) is 0 Å². The fraction of sp³-hybridized carbons (Fsp3) is 0.200. The third kappa shape index (κ3) is 0.778. The van der Waals surface area contributed by atoms with E-state index in [4.69, 9.17) is 5.21 Å². The molecule has 2 N–H and O–H groups in total. The first-order chi connectivity index (χ1) is 4.13. The van der Waals surface area contributed by atoms with Gasteiger partial charge in [-0.2, -0.15) is 0 Å². The number of imide groups is 1. The molecule has 1 rings (SSSR count). The predicted octanol–water partition coefficient (Wildman–Crippen LogP) is -1.73. The minimum Gasteiger partial charge on any atom is -0.222 e. The molecule has 1 atom stereocenters. The van der Waals surface area contributed by atoms with E-state index in [2.05, 4.69) is 0 Å². The standard InChI is InChI=1S/C5H5NO3/c1-3-2-4(7)6(9)5(3)8/h2,9H,1H3/p+1. The first-order valence-electron chi connectivity index (χ1n) is 2.46. The quantitative estimate of drug-likeness (QED) is 0.301. The molecule has 0 fully saturated rings. The highest BCUT2D eigenvalue weighted by atomic mass is 16.5. The van der Waals surface area contributed by atoms with Gasteiger partial charge in [-0.3, -0.25) is 0 Å². The van der Waals surface area contributed by atoms with Gasteiger partial charge in [-0.25, -0.2) is 14.8 Å². The summed E-state index contributed by atoms with van der Waals surface area (Å²) >= 11 is 0. The number of hydrogen-bond donors (Lipinski definition) is 2. The van der Waals surface area contributed by atoms with Gasteiger partial charge in [0.15, 0.2) is 0 Å². The Morgan fingerprint density at radius 1 is 1.56 bits per heavy atom. The number of quaternary nitrogens is 1. The van der Waals surface area contributed by atoms with E-state index in [1.807, 2.05) is 0 Å². The summed E-state index contributed by atoms with van der Waals surface area (Å²) in [6.45, 7) is 1.49. The van der Waals surface area contributed by atoms with Crippen LogP contribution in [0, 0.1) is 0 Å². The number of hydroxylamine groups is 2. The van der Waals surface area contributed by atoms with Gasteiger partial charge >= 0.3 is 11.8 Å². The van der Waals surface area contributed by atoms with Crippen LogP contribution in [-0.4, -0.2) is 17.0 Å². The van der Waals surface area contributed by atoms with Gasteiger partial charge in [0, 0.05) is 0 Å². The largest absolute Gasteiger partial charge is 0.380 e. The number of nitrogens with one attached hydrogen (secondary N) is 1. The van der Waals surface area contributed by atoms with Gasteiger partial charge in [0.1, 0.15) is 0 Å². The van der Waals surface area contributed by atoms with Gasteiger partial charge in [0.2, 0.25) is 0 Å². The Kier molecular flexibility index (Phi) is 1.19. The normalized spacial score (nSPS) is 26.9. The molecule has 0 aromatic heterocycles. The van der Waals surface area contributed by atoms with Crippen molar-refractivity contribution < 1.29 is 19.9 Å². The third-order valence-corrected chi connectivity index (χ3v) is 1.15. The molecular formula is C5H6NO3+. The summed E-state index contributed by atoms with van der Waals surface area (Å²) in [6, 6.07) is 0. The van der Waals surface area contributed by atoms with Gasteiger partial charge < -0.3 is 0 Å². The smallest absolute Gasteiger partial charge is 0.222 e. The fourth-order valence-corrected chi connectivity index (χ4v) is 0.629. The van der Waals surface area contributed by atoms with Crippen LogP contribution in [0.5, 0.6) is 0 Å². The molecular weight excluding hydrogens is 122 g/mol. The molecule has 2 amide bonds. The summed E-state index contributed by atoms with van der Waals surface area (Å²) < 4.78 is 0. The zero-order valence-corrected chi connectivity index (χ0v) is 4.84. The molecule has 48 valence electrons. The van der Waals surface area contributed by atoms with Gasteiger partial charge in [-0.05, 0) is 6.92 Å². The van der Waals surface area contributed by atoms with Crippen LogP contribution in [0.25, 0.3) is 0 Å². The van der Waals surface area contributed by atoms with Gasteiger partial charge in [0.25, 0.3) is 0 Å². The van der Waals surface area contributed by atoms with E-state index < -0.39 is 16.9 Å². The molecule has 0 aliphatic carbocycles. The lowest BCUT2D eigenvalue weighted by Crippen LogP contribution is -3.13. The molecule has 0 radical (unpaired) electrons. The maximum Gasteiger partial charge on any atom is 0.380 e. The van der Waals surface area contributed by atoms with Crippen LogP contribution in [-0.2, 0) is 9.59 Å². The Bertz CT molecular complexity index is 206. The predicted molar refractivity (Wildman–Crippen MR) is 26.5 cm³/mol. The SMILES string of the molecule is CC1=CC(=O)[NH+](O)C1=O. The maximum atomic E-state index is 10.5. The maximum absolute atomic E-state index is 10.5. The van der Waals surface area contributed by atoms with Crippen molar-refractivity contribution >= 4 is 11.8 Å². The molecule has 0 aromatic rings. The first kappa shape index (κ1) is 6.12. The summed E-state index contributed by atoms with van der Waals surface area (Å²) in [7, 11) is 0. The number of carbonyl (C=O) groups is 2. The minimum atomic E-state index is -0.660. The molecule has 4 nitrogen and oxygen atoms in total. The summed E-state index contributed by atoms with van der Waals surface area (Å²) in [5.41, 5.74) is 0.303. The first-order valence-corrected chi connectivity index (χ1v) is 2.46.